The molecule has 0 bridgehead atoms. The van der Waals surface area contributed by atoms with Crippen LogP contribution in [-0.4, -0.2) is 40.3 Å². The smallest absolute Gasteiger partial charge is 0.223 e. The summed E-state index contributed by atoms with van der Waals surface area (Å²) in [5.74, 6) is -0.212. The molecule has 1 fully saturated rings. The summed E-state index contributed by atoms with van der Waals surface area (Å²) in [7, 11) is 0. The van der Waals surface area contributed by atoms with Gasteiger partial charge in [0.05, 0.1) is 18.8 Å². The van der Waals surface area contributed by atoms with Crippen molar-refractivity contribution < 1.29 is 19.4 Å². The molecule has 5 heteroatoms. The minimum Gasteiger partial charge on any atom is -0.394 e. The van der Waals surface area contributed by atoms with Crippen LogP contribution < -0.4 is 0 Å². The lowest BCUT2D eigenvalue weighted by molar-refractivity contribution is -0.139. The number of aliphatic hydroxyl groups excluding tert-OH is 2. The molecule has 2 N–H and O–H groups in total. The minimum absolute atomic E-state index is 0.0466. The predicted molar refractivity (Wildman–Crippen MR) is 127 cm³/mol. The molecule has 1 aliphatic rings. The summed E-state index contributed by atoms with van der Waals surface area (Å²) in [6.07, 6.45) is 0.513. The molecule has 0 aromatic heterocycles. The van der Waals surface area contributed by atoms with E-state index in [9.17, 15) is 19.4 Å². The van der Waals surface area contributed by atoms with Gasteiger partial charge >= 0.3 is 0 Å². The van der Waals surface area contributed by atoms with Gasteiger partial charge in [-0.05, 0) is 54.2 Å². The van der Waals surface area contributed by atoms with Crippen molar-refractivity contribution in [2.75, 3.05) is 13.2 Å². The van der Waals surface area contributed by atoms with Gasteiger partial charge in [0.1, 0.15) is 5.82 Å². The van der Waals surface area contributed by atoms with E-state index in [0.717, 1.165) is 28.7 Å². The maximum Gasteiger partial charge on any atom is 0.223 e. The van der Waals surface area contributed by atoms with Gasteiger partial charge in [-0.2, -0.15) is 0 Å². The van der Waals surface area contributed by atoms with Crippen LogP contribution in [0.2, 0.25) is 0 Å². The van der Waals surface area contributed by atoms with Crippen LogP contribution in [0, 0.1) is 5.82 Å². The van der Waals surface area contributed by atoms with Crippen molar-refractivity contribution in [1.29, 1.82) is 0 Å². The highest BCUT2D eigenvalue weighted by molar-refractivity contribution is 5.79. The van der Waals surface area contributed by atoms with Crippen molar-refractivity contribution in [1.82, 2.24) is 4.90 Å². The highest BCUT2D eigenvalue weighted by atomic mass is 19.1. The normalized spacial score (nSPS) is 20.5. The molecule has 172 valence electrons. The molecular formula is C28H30FNO3. The first-order valence-corrected chi connectivity index (χ1v) is 11.4. The second-order valence-corrected chi connectivity index (χ2v) is 9.01. The molecule has 0 saturated carbocycles. The molecule has 1 amide bonds. The zero-order valence-electron chi connectivity index (χ0n) is 18.8. The van der Waals surface area contributed by atoms with E-state index in [1.807, 2.05) is 66.4 Å². The quantitative estimate of drug-likeness (QED) is 0.544. The van der Waals surface area contributed by atoms with Crippen LogP contribution in [-0.2, 0) is 10.2 Å². The second kappa shape index (κ2) is 9.86. The Morgan fingerprint density at radius 1 is 0.970 bits per heavy atom. The van der Waals surface area contributed by atoms with Gasteiger partial charge < -0.3 is 15.1 Å². The van der Waals surface area contributed by atoms with Crippen LogP contribution in [0.25, 0.3) is 11.1 Å². The molecule has 0 radical (unpaired) electrons. The summed E-state index contributed by atoms with van der Waals surface area (Å²) in [5, 5.41) is 19.7. The van der Waals surface area contributed by atoms with E-state index in [4.69, 9.17) is 0 Å². The Morgan fingerprint density at radius 3 is 2.15 bits per heavy atom. The molecular weight excluding hydrogens is 417 g/mol. The van der Waals surface area contributed by atoms with Gasteiger partial charge in [-0.1, -0.05) is 66.7 Å². The van der Waals surface area contributed by atoms with E-state index in [-0.39, 0.29) is 24.4 Å². The van der Waals surface area contributed by atoms with Gasteiger partial charge in [0, 0.05) is 18.4 Å². The molecule has 1 heterocycles. The van der Waals surface area contributed by atoms with Crippen LogP contribution in [0.3, 0.4) is 0 Å². The third-order valence-electron chi connectivity index (χ3n) is 6.90. The lowest BCUT2D eigenvalue weighted by atomic mass is 9.68. The monoisotopic (exact) mass is 447 g/mol. The van der Waals surface area contributed by atoms with E-state index in [0.29, 0.717) is 19.4 Å². The van der Waals surface area contributed by atoms with E-state index in [1.165, 1.54) is 12.1 Å². The second-order valence-electron chi connectivity index (χ2n) is 9.01. The largest absolute Gasteiger partial charge is 0.394 e. The number of likely N-dealkylation sites (tertiary alicyclic amines) is 1. The molecule has 4 rings (SSSR count). The Morgan fingerprint density at radius 2 is 1.58 bits per heavy atom. The number of carbonyl (C=O) groups is 1. The number of nitrogens with zero attached hydrogens (tertiary/aromatic N) is 1. The minimum atomic E-state index is -0.860. The number of carbonyl (C=O) groups excluding carboxylic acids is 1. The van der Waals surface area contributed by atoms with Crippen LogP contribution >= 0.6 is 0 Å². The number of halogens is 1. The van der Waals surface area contributed by atoms with Gasteiger partial charge in [0.25, 0.3) is 0 Å². The summed E-state index contributed by atoms with van der Waals surface area (Å²) in [6.45, 7) is 2.29. The molecule has 1 aliphatic heterocycles. The van der Waals surface area contributed by atoms with E-state index >= 15 is 0 Å². The van der Waals surface area contributed by atoms with Crippen molar-refractivity contribution in [2.45, 2.75) is 43.7 Å². The van der Waals surface area contributed by atoms with Gasteiger partial charge in [0.2, 0.25) is 5.91 Å². The number of hydrogen-bond donors (Lipinski definition) is 2. The first kappa shape index (κ1) is 23.1. The fourth-order valence-electron chi connectivity index (χ4n) is 4.97. The molecule has 33 heavy (non-hydrogen) atoms. The van der Waals surface area contributed by atoms with Crippen molar-refractivity contribution in [3.8, 4) is 11.1 Å². The van der Waals surface area contributed by atoms with Crippen molar-refractivity contribution in [2.24, 2.45) is 0 Å². The summed E-state index contributed by atoms with van der Waals surface area (Å²) in [5.41, 5.74) is 3.53. The van der Waals surface area contributed by atoms with Gasteiger partial charge in [-0.15, -0.1) is 0 Å². The molecule has 2 unspecified atom stereocenters. The Hall–Kier alpha value is -3.02. The maximum absolute atomic E-state index is 13.3. The number of amides is 1. The van der Waals surface area contributed by atoms with Crippen LogP contribution in [0.15, 0.2) is 78.9 Å². The molecule has 0 aliphatic carbocycles. The Labute approximate surface area is 194 Å². The molecule has 3 aromatic carbocycles. The first-order chi connectivity index (χ1) is 15.9. The summed E-state index contributed by atoms with van der Waals surface area (Å²) in [6, 6.07) is 24.2. The standard InChI is InChI=1S/C28H30FNO3/c1-20(21-7-9-22(10-8-21)23-11-13-25(29)14-12-23)30-16-15-28(18-27(30)33,17-26(32)19-31)24-5-3-2-4-6-24/h2-14,20,26,31-32H,15-19H2,1H3/t20-,26?,28?/m0/s1. The molecule has 4 nitrogen and oxygen atoms in total. The van der Waals surface area contributed by atoms with Gasteiger partial charge in [0.15, 0.2) is 0 Å². The van der Waals surface area contributed by atoms with Gasteiger partial charge in [-0.3, -0.25) is 4.79 Å². The van der Waals surface area contributed by atoms with Crippen LogP contribution in [0.4, 0.5) is 4.39 Å². The highest BCUT2D eigenvalue weighted by Gasteiger charge is 2.42. The van der Waals surface area contributed by atoms with Crippen molar-refractivity contribution in [3.63, 3.8) is 0 Å². The van der Waals surface area contributed by atoms with Gasteiger partial charge in [-0.25, -0.2) is 4.39 Å². The fraction of sp³-hybridized carbons (Fsp3) is 0.321. The SMILES string of the molecule is C[C@@H](c1ccc(-c2ccc(F)cc2)cc1)N1CCC(CC(O)CO)(c2ccccc2)CC1=O. The van der Waals surface area contributed by atoms with E-state index < -0.39 is 11.5 Å². The number of hydrogen-bond acceptors (Lipinski definition) is 3. The van der Waals surface area contributed by atoms with E-state index in [1.54, 1.807) is 12.1 Å². The van der Waals surface area contributed by atoms with Crippen molar-refractivity contribution in [3.05, 3.63) is 95.8 Å². The third-order valence-corrected chi connectivity index (χ3v) is 6.90. The zero-order chi connectivity index (χ0) is 23.4. The summed E-state index contributed by atoms with van der Waals surface area (Å²) >= 11 is 0. The molecule has 3 aromatic rings. The Kier molecular flexibility index (Phi) is 6.91. The number of rotatable bonds is 7. The zero-order valence-corrected chi connectivity index (χ0v) is 18.8. The lowest BCUT2D eigenvalue weighted by Crippen LogP contribution is -2.48. The Balaban J connectivity index is 1.51. The molecule has 3 atom stereocenters. The average Bonchev–Trinajstić information content (AvgIpc) is 2.85. The molecule has 1 saturated heterocycles. The van der Waals surface area contributed by atoms with Crippen LogP contribution in [0.5, 0.6) is 0 Å². The summed E-state index contributed by atoms with van der Waals surface area (Å²) < 4.78 is 13.2. The predicted octanol–water partition coefficient (Wildman–Crippen LogP) is 4.86. The topological polar surface area (TPSA) is 60.8 Å². The fourth-order valence-corrected chi connectivity index (χ4v) is 4.97. The number of benzene rings is 3. The maximum atomic E-state index is 13.3. The average molecular weight is 448 g/mol. The van der Waals surface area contributed by atoms with Crippen LogP contribution in [0.1, 0.15) is 43.4 Å². The highest BCUT2D eigenvalue weighted by Crippen LogP contribution is 2.42. The lowest BCUT2D eigenvalue weighted by Gasteiger charge is -2.44. The van der Waals surface area contributed by atoms with E-state index in [2.05, 4.69) is 0 Å². The Bertz CT molecular complexity index is 1070. The third kappa shape index (κ3) is 5.00. The summed E-state index contributed by atoms with van der Waals surface area (Å²) in [4.78, 5) is 15.2. The molecule has 0 spiro atoms. The van der Waals surface area contributed by atoms with Crippen molar-refractivity contribution >= 4 is 5.91 Å². The number of piperidine rings is 1. The first-order valence-electron chi connectivity index (χ1n) is 11.4. The number of aliphatic hydroxyl groups is 2.